The minimum Gasteiger partial charge on any atom is -0.461 e. The van der Waals surface area contributed by atoms with Crippen molar-refractivity contribution in [2.75, 3.05) is 6.61 Å². The first-order valence-electron chi connectivity index (χ1n) is 10.6. The molecule has 2 saturated heterocycles. The van der Waals surface area contributed by atoms with Crippen molar-refractivity contribution in [3.8, 4) is 0 Å². The van der Waals surface area contributed by atoms with Crippen LogP contribution in [0.15, 0.2) is 12.2 Å². The number of carbonyl (C=O) groups is 2. The van der Waals surface area contributed by atoms with Crippen LogP contribution in [0.2, 0.25) is 0 Å². The number of esters is 2. The molecule has 2 aliphatic heterocycles. The molecule has 7 heteroatoms. The zero-order valence-electron chi connectivity index (χ0n) is 17.2. The van der Waals surface area contributed by atoms with E-state index in [1.165, 1.54) is 6.92 Å². The fourth-order valence-electron chi connectivity index (χ4n) is 7.81. The Morgan fingerprint density at radius 3 is 2.69 bits per heavy atom. The normalized spacial score (nSPS) is 52.2. The van der Waals surface area contributed by atoms with Crippen LogP contribution >= 0.6 is 0 Å². The summed E-state index contributed by atoms with van der Waals surface area (Å²) in [7, 11) is 0. The Hall–Kier alpha value is -1.44. The Bertz CT molecular complexity index is 790. The van der Waals surface area contributed by atoms with Gasteiger partial charge in [0.15, 0.2) is 0 Å². The molecular weight excluding hydrogens is 376 g/mol. The third-order valence-electron chi connectivity index (χ3n) is 8.74. The Morgan fingerprint density at radius 1 is 1.28 bits per heavy atom. The van der Waals surface area contributed by atoms with Gasteiger partial charge in [0.1, 0.15) is 11.5 Å². The highest BCUT2D eigenvalue weighted by Gasteiger charge is 2.79. The molecule has 0 aromatic carbocycles. The first-order valence-corrected chi connectivity index (χ1v) is 10.6. The number of hydrogen-bond donors (Lipinski definition) is 2. The van der Waals surface area contributed by atoms with Gasteiger partial charge in [0.25, 0.3) is 0 Å². The fourth-order valence-corrected chi connectivity index (χ4v) is 7.81. The standard InChI is InChI=1S/C22H30O7/c1-10-12-7-13(24)15-21(8-12,17(10)25)19(26)29-14-5-6-20(3,4)16-18(28-11(2)23)27-9-22(14,15)16/h12-18,24-25H,1,5-9H2,2-4H3/t12-,13+,14+,15-,16-,17-,18+,21+,22+/m1/s1. The Kier molecular flexibility index (Phi) is 3.92. The highest BCUT2D eigenvalue weighted by atomic mass is 16.7. The second kappa shape index (κ2) is 5.83. The van der Waals surface area contributed by atoms with Crippen molar-refractivity contribution in [2.24, 2.45) is 34.0 Å². The van der Waals surface area contributed by atoms with E-state index >= 15 is 0 Å². The van der Waals surface area contributed by atoms with Gasteiger partial charge in [-0.25, -0.2) is 0 Å². The number of carbonyl (C=O) groups excluding carboxylic acids is 2. The van der Waals surface area contributed by atoms with E-state index in [0.29, 0.717) is 24.8 Å². The Balaban J connectivity index is 1.69. The van der Waals surface area contributed by atoms with Gasteiger partial charge in [0.2, 0.25) is 6.29 Å². The van der Waals surface area contributed by atoms with Crippen molar-refractivity contribution in [1.29, 1.82) is 0 Å². The van der Waals surface area contributed by atoms with E-state index < -0.39 is 53.3 Å². The molecule has 29 heavy (non-hydrogen) atoms. The topological polar surface area (TPSA) is 102 Å². The summed E-state index contributed by atoms with van der Waals surface area (Å²) in [5.74, 6) is -1.73. The van der Waals surface area contributed by atoms with Gasteiger partial charge in [-0.15, -0.1) is 0 Å². The van der Waals surface area contributed by atoms with Crippen LogP contribution in [0.25, 0.3) is 0 Å². The summed E-state index contributed by atoms with van der Waals surface area (Å²) in [4.78, 5) is 25.1. The molecule has 0 radical (unpaired) electrons. The van der Waals surface area contributed by atoms with Crippen molar-refractivity contribution in [2.45, 2.75) is 71.1 Å². The third-order valence-corrected chi connectivity index (χ3v) is 8.74. The molecule has 3 saturated carbocycles. The van der Waals surface area contributed by atoms with E-state index in [1.807, 2.05) is 0 Å². The van der Waals surface area contributed by atoms with Crippen LogP contribution in [0, 0.1) is 34.0 Å². The van der Waals surface area contributed by atoms with Crippen LogP contribution in [0.4, 0.5) is 0 Å². The lowest BCUT2D eigenvalue weighted by Crippen LogP contribution is -2.71. The molecule has 5 aliphatic rings. The molecule has 0 aromatic heterocycles. The lowest BCUT2D eigenvalue weighted by molar-refractivity contribution is -0.265. The monoisotopic (exact) mass is 406 g/mol. The average molecular weight is 406 g/mol. The predicted octanol–water partition coefficient (Wildman–Crippen LogP) is 1.56. The van der Waals surface area contributed by atoms with Crippen LogP contribution in [0.1, 0.15) is 46.5 Å². The van der Waals surface area contributed by atoms with Crippen LogP contribution in [0.3, 0.4) is 0 Å². The average Bonchev–Trinajstić information content (AvgIpc) is 3.09. The second-order valence-corrected chi connectivity index (χ2v) is 10.5. The number of aliphatic hydroxyl groups excluding tert-OH is 2. The number of aliphatic hydroxyl groups is 2. The number of ether oxygens (including phenoxy) is 3. The Morgan fingerprint density at radius 2 is 2.00 bits per heavy atom. The molecule has 2 heterocycles. The highest BCUT2D eigenvalue weighted by Crippen LogP contribution is 2.72. The predicted molar refractivity (Wildman–Crippen MR) is 100 cm³/mol. The first kappa shape index (κ1) is 19.5. The van der Waals surface area contributed by atoms with Crippen molar-refractivity contribution < 1.29 is 34.0 Å². The fraction of sp³-hybridized carbons (Fsp3) is 0.818. The van der Waals surface area contributed by atoms with Crippen LogP contribution in [-0.2, 0) is 23.8 Å². The molecule has 160 valence electrons. The summed E-state index contributed by atoms with van der Waals surface area (Å²) in [5.41, 5.74) is -1.57. The van der Waals surface area contributed by atoms with Gasteiger partial charge in [0, 0.05) is 24.2 Å². The summed E-state index contributed by atoms with van der Waals surface area (Å²) in [6.07, 6.45) is -0.674. The van der Waals surface area contributed by atoms with E-state index in [4.69, 9.17) is 14.2 Å². The smallest absolute Gasteiger partial charge is 0.315 e. The lowest BCUT2D eigenvalue weighted by atomic mass is 9.43. The lowest BCUT2D eigenvalue weighted by Gasteiger charge is -2.63. The van der Waals surface area contributed by atoms with Crippen molar-refractivity contribution in [3.05, 3.63) is 12.2 Å². The van der Waals surface area contributed by atoms with Crippen LogP contribution < -0.4 is 0 Å². The molecular formula is C22H30O7. The molecule has 0 aromatic rings. The van der Waals surface area contributed by atoms with Gasteiger partial charge in [-0.05, 0) is 42.6 Å². The van der Waals surface area contributed by atoms with Crippen molar-refractivity contribution in [1.82, 2.24) is 0 Å². The Labute approximate surface area is 170 Å². The van der Waals surface area contributed by atoms with Crippen LogP contribution in [0.5, 0.6) is 0 Å². The van der Waals surface area contributed by atoms with Gasteiger partial charge in [-0.3, -0.25) is 9.59 Å². The molecule has 3 aliphatic carbocycles. The number of rotatable bonds is 1. The second-order valence-electron chi connectivity index (χ2n) is 10.5. The number of hydrogen-bond acceptors (Lipinski definition) is 7. The van der Waals surface area contributed by atoms with E-state index in [-0.39, 0.29) is 23.9 Å². The summed E-state index contributed by atoms with van der Waals surface area (Å²) >= 11 is 0. The van der Waals surface area contributed by atoms with E-state index in [0.717, 1.165) is 6.42 Å². The molecule has 0 amide bonds. The molecule has 2 bridgehead atoms. The molecule has 5 fully saturated rings. The van der Waals surface area contributed by atoms with Gasteiger partial charge in [-0.1, -0.05) is 20.4 Å². The molecule has 5 rings (SSSR count). The zero-order valence-corrected chi connectivity index (χ0v) is 17.2. The zero-order chi connectivity index (χ0) is 20.9. The quantitative estimate of drug-likeness (QED) is 0.503. The summed E-state index contributed by atoms with van der Waals surface area (Å²) in [5, 5.41) is 22.5. The van der Waals surface area contributed by atoms with Crippen LogP contribution in [-0.4, -0.2) is 53.4 Å². The minimum atomic E-state index is -1.21. The maximum absolute atomic E-state index is 13.3. The summed E-state index contributed by atoms with van der Waals surface area (Å²) < 4.78 is 17.6. The van der Waals surface area contributed by atoms with E-state index in [2.05, 4.69) is 20.4 Å². The van der Waals surface area contributed by atoms with Gasteiger partial charge >= 0.3 is 11.9 Å². The number of fused-ring (bicyclic) bond motifs is 1. The van der Waals surface area contributed by atoms with Crippen molar-refractivity contribution >= 4 is 11.9 Å². The third kappa shape index (κ3) is 2.19. The van der Waals surface area contributed by atoms with Gasteiger partial charge < -0.3 is 24.4 Å². The molecule has 2 N–H and O–H groups in total. The first-order chi connectivity index (χ1) is 13.6. The van der Waals surface area contributed by atoms with Gasteiger partial charge in [0.05, 0.1) is 18.8 Å². The maximum atomic E-state index is 13.3. The SMILES string of the molecule is C=C1[C@@H]2C[C@H](O)[C@@H]3[C@](C2)(C(=O)O[C@H]2CCC(C)(C)[C@H]4[C@H](OC(C)=O)OC[C@@]243)[C@@H]1O. The summed E-state index contributed by atoms with van der Waals surface area (Å²) in [6, 6.07) is 0. The van der Waals surface area contributed by atoms with Gasteiger partial charge in [-0.2, -0.15) is 0 Å². The molecule has 2 spiro atoms. The highest BCUT2D eigenvalue weighted by molar-refractivity contribution is 5.82. The van der Waals surface area contributed by atoms with E-state index in [9.17, 15) is 19.8 Å². The maximum Gasteiger partial charge on any atom is 0.315 e. The summed E-state index contributed by atoms with van der Waals surface area (Å²) in [6.45, 7) is 9.85. The van der Waals surface area contributed by atoms with E-state index in [1.54, 1.807) is 0 Å². The largest absolute Gasteiger partial charge is 0.461 e. The minimum absolute atomic E-state index is 0.0987. The molecule has 9 atom stereocenters. The molecule has 0 unspecified atom stereocenters. The van der Waals surface area contributed by atoms with Crippen molar-refractivity contribution in [3.63, 3.8) is 0 Å². The molecule has 7 nitrogen and oxygen atoms in total.